The van der Waals surface area contributed by atoms with E-state index < -0.39 is 11.5 Å². The van der Waals surface area contributed by atoms with Crippen LogP contribution in [0.5, 0.6) is 0 Å². The average molecular weight is 343 g/mol. The number of ether oxygens (including phenoxy) is 1. The van der Waals surface area contributed by atoms with Gasteiger partial charge in [-0.3, -0.25) is 9.48 Å². The molecule has 0 radical (unpaired) electrons. The number of anilines is 1. The molecule has 1 amide bonds. The molecule has 1 aliphatic rings. The third kappa shape index (κ3) is 3.56. The summed E-state index contributed by atoms with van der Waals surface area (Å²) in [5.74, 6) is -0.930. The number of nitrogens with zero attached hydrogens (tertiary/aromatic N) is 2. The van der Waals surface area contributed by atoms with Crippen LogP contribution in [-0.4, -0.2) is 40.0 Å². The van der Waals surface area contributed by atoms with Crippen molar-refractivity contribution < 1.29 is 19.4 Å². The summed E-state index contributed by atoms with van der Waals surface area (Å²) in [6, 6.07) is 7.49. The van der Waals surface area contributed by atoms with Crippen LogP contribution in [0.3, 0.4) is 0 Å². The van der Waals surface area contributed by atoms with Crippen LogP contribution in [-0.2, 0) is 15.1 Å². The van der Waals surface area contributed by atoms with E-state index in [-0.39, 0.29) is 5.91 Å². The molecule has 7 nitrogen and oxygen atoms in total. The molecule has 3 rings (SSSR count). The SMILES string of the molecule is CC(C)(C(=O)O)n1cc(NC(=O)c2cccc([C@H]3CCOC3)c2)cn1. The number of benzene rings is 1. The van der Waals surface area contributed by atoms with E-state index in [2.05, 4.69) is 10.4 Å². The smallest absolute Gasteiger partial charge is 0.331 e. The number of aromatic nitrogens is 2. The van der Waals surface area contributed by atoms with E-state index in [0.717, 1.165) is 18.6 Å². The van der Waals surface area contributed by atoms with Crippen molar-refractivity contribution in [3.63, 3.8) is 0 Å². The zero-order valence-corrected chi connectivity index (χ0v) is 14.2. The van der Waals surface area contributed by atoms with Crippen molar-refractivity contribution >= 4 is 17.6 Å². The topological polar surface area (TPSA) is 93.5 Å². The normalized spacial score (nSPS) is 17.4. The van der Waals surface area contributed by atoms with Gasteiger partial charge in [0.2, 0.25) is 0 Å². The summed E-state index contributed by atoms with van der Waals surface area (Å²) in [4.78, 5) is 23.8. The van der Waals surface area contributed by atoms with Crippen molar-refractivity contribution in [2.24, 2.45) is 0 Å². The molecular weight excluding hydrogens is 322 g/mol. The minimum absolute atomic E-state index is 0.256. The van der Waals surface area contributed by atoms with Crippen LogP contribution in [0.2, 0.25) is 0 Å². The lowest BCUT2D eigenvalue weighted by Gasteiger charge is -2.19. The van der Waals surface area contributed by atoms with E-state index >= 15 is 0 Å². The summed E-state index contributed by atoms with van der Waals surface area (Å²) in [6.07, 6.45) is 3.92. The summed E-state index contributed by atoms with van der Waals surface area (Å²) in [7, 11) is 0. The monoisotopic (exact) mass is 343 g/mol. The Bertz CT molecular complexity index is 791. The van der Waals surface area contributed by atoms with Gasteiger partial charge in [0.05, 0.1) is 18.5 Å². The van der Waals surface area contributed by atoms with Gasteiger partial charge >= 0.3 is 5.97 Å². The molecule has 1 saturated heterocycles. The second-order valence-corrected chi connectivity index (χ2v) is 6.68. The van der Waals surface area contributed by atoms with Crippen LogP contribution < -0.4 is 5.32 Å². The molecule has 1 aliphatic heterocycles. The van der Waals surface area contributed by atoms with Crippen molar-refractivity contribution in [3.8, 4) is 0 Å². The molecule has 1 atom stereocenters. The number of rotatable bonds is 5. The number of carbonyl (C=O) groups excluding carboxylic acids is 1. The molecular formula is C18H21N3O4. The highest BCUT2D eigenvalue weighted by Crippen LogP contribution is 2.26. The number of amides is 1. The van der Waals surface area contributed by atoms with Crippen LogP contribution >= 0.6 is 0 Å². The minimum atomic E-state index is -1.19. The maximum absolute atomic E-state index is 12.5. The van der Waals surface area contributed by atoms with Crippen LogP contribution in [0, 0.1) is 0 Å². The van der Waals surface area contributed by atoms with Gasteiger partial charge in [0.1, 0.15) is 0 Å². The molecule has 1 aromatic carbocycles. The first-order valence-electron chi connectivity index (χ1n) is 8.15. The predicted octanol–water partition coefficient (Wildman–Crippen LogP) is 2.46. The van der Waals surface area contributed by atoms with Gasteiger partial charge in [-0.15, -0.1) is 0 Å². The van der Waals surface area contributed by atoms with E-state index in [0.29, 0.717) is 23.8 Å². The fourth-order valence-corrected chi connectivity index (χ4v) is 2.73. The Hall–Kier alpha value is -2.67. The standard InChI is InChI=1S/C18H21N3O4/c1-18(2,17(23)24)21-10-15(9-19-21)20-16(22)13-5-3-4-12(8-13)14-6-7-25-11-14/h3-5,8-10,14H,6-7,11H2,1-2H3,(H,20,22)(H,23,24)/t14-/m0/s1. The summed E-state index contributed by atoms with van der Waals surface area (Å²) in [5, 5.41) is 16.0. The number of carbonyl (C=O) groups is 2. The van der Waals surface area contributed by atoms with Crippen molar-refractivity contribution in [1.82, 2.24) is 9.78 Å². The first-order valence-corrected chi connectivity index (χ1v) is 8.15. The van der Waals surface area contributed by atoms with Crippen LogP contribution in [0.25, 0.3) is 0 Å². The fourth-order valence-electron chi connectivity index (χ4n) is 2.73. The Morgan fingerprint density at radius 1 is 1.40 bits per heavy atom. The lowest BCUT2D eigenvalue weighted by atomic mass is 9.96. The predicted molar refractivity (Wildman–Crippen MR) is 91.8 cm³/mol. The molecule has 2 aromatic rings. The van der Waals surface area contributed by atoms with Gasteiger partial charge in [0.25, 0.3) is 5.91 Å². The van der Waals surface area contributed by atoms with E-state index in [9.17, 15) is 14.7 Å². The van der Waals surface area contributed by atoms with E-state index in [1.54, 1.807) is 19.9 Å². The molecule has 0 bridgehead atoms. The Morgan fingerprint density at radius 2 is 2.20 bits per heavy atom. The number of aliphatic carboxylic acids is 1. The van der Waals surface area contributed by atoms with Gasteiger partial charge in [-0.1, -0.05) is 12.1 Å². The third-order valence-corrected chi connectivity index (χ3v) is 4.49. The highest BCUT2D eigenvalue weighted by Gasteiger charge is 2.30. The number of carboxylic acid groups (broad SMARTS) is 1. The second-order valence-electron chi connectivity index (χ2n) is 6.68. The maximum Gasteiger partial charge on any atom is 0.331 e. The molecule has 1 fully saturated rings. The van der Waals surface area contributed by atoms with Crippen LogP contribution in [0.15, 0.2) is 36.7 Å². The quantitative estimate of drug-likeness (QED) is 0.870. The largest absolute Gasteiger partial charge is 0.479 e. The second kappa shape index (κ2) is 6.68. The first-order chi connectivity index (χ1) is 11.9. The Morgan fingerprint density at radius 3 is 2.88 bits per heavy atom. The first kappa shape index (κ1) is 17.2. The maximum atomic E-state index is 12.5. The molecule has 25 heavy (non-hydrogen) atoms. The van der Waals surface area contributed by atoms with E-state index in [1.165, 1.54) is 17.1 Å². The van der Waals surface area contributed by atoms with Crippen molar-refractivity contribution in [2.75, 3.05) is 18.5 Å². The van der Waals surface area contributed by atoms with Gasteiger partial charge in [0, 0.05) is 24.3 Å². The molecule has 7 heteroatoms. The molecule has 132 valence electrons. The van der Waals surface area contributed by atoms with Crippen molar-refractivity contribution in [3.05, 3.63) is 47.8 Å². The summed E-state index contributed by atoms with van der Waals surface area (Å²) >= 11 is 0. The van der Waals surface area contributed by atoms with Gasteiger partial charge in [-0.2, -0.15) is 5.10 Å². The summed E-state index contributed by atoms with van der Waals surface area (Å²) < 4.78 is 6.72. The molecule has 0 aliphatic carbocycles. The summed E-state index contributed by atoms with van der Waals surface area (Å²) in [6.45, 7) is 4.52. The average Bonchev–Trinajstić information content (AvgIpc) is 3.27. The molecule has 0 spiro atoms. The number of hydrogen-bond acceptors (Lipinski definition) is 4. The number of carboxylic acids is 1. The van der Waals surface area contributed by atoms with Crippen LogP contribution in [0.4, 0.5) is 5.69 Å². The fraction of sp³-hybridized carbons (Fsp3) is 0.389. The van der Waals surface area contributed by atoms with Crippen molar-refractivity contribution in [2.45, 2.75) is 31.7 Å². The molecule has 1 aromatic heterocycles. The van der Waals surface area contributed by atoms with Gasteiger partial charge in [-0.05, 0) is 38.0 Å². The van der Waals surface area contributed by atoms with Gasteiger partial charge in [-0.25, -0.2) is 4.79 Å². The minimum Gasteiger partial charge on any atom is -0.479 e. The van der Waals surface area contributed by atoms with Crippen molar-refractivity contribution in [1.29, 1.82) is 0 Å². The zero-order chi connectivity index (χ0) is 18.0. The zero-order valence-electron chi connectivity index (χ0n) is 14.2. The number of hydrogen-bond donors (Lipinski definition) is 2. The lowest BCUT2D eigenvalue weighted by molar-refractivity contribution is -0.146. The van der Waals surface area contributed by atoms with E-state index in [4.69, 9.17) is 4.74 Å². The summed E-state index contributed by atoms with van der Waals surface area (Å²) in [5.41, 5.74) is 0.905. The van der Waals surface area contributed by atoms with Gasteiger partial charge in [0.15, 0.2) is 5.54 Å². The number of nitrogens with one attached hydrogen (secondary N) is 1. The van der Waals surface area contributed by atoms with Gasteiger partial charge < -0.3 is 15.2 Å². The molecule has 2 N–H and O–H groups in total. The Balaban J connectivity index is 1.74. The lowest BCUT2D eigenvalue weighted by Crippen LogP contribution is -2.35. The Labute approximate surface area is 145 Å². The highest BCUT2D eigenvalue weighted by atomic mass is 16.5. The highest BCUT2D eigenvalue weighted by molar-refractivity contribution is 6.04. The van der Waals surface area contributed by atoms with Crippen LogP contribution in [0.1, 0.15) is 42.1 Å². The third-order valence-electron chi connectivity index (χ3n) is 4.49. The Kier molecular flexibility index (Phi) is 4.59. The molecule has 2 heterocycles. The molecule has 0 saturated carbocycles. The van der Waals surface area contributed by atoms with E-state index in [1.807, 2.05) is 18.2 Å². The molecule has 0 unspecified atom stereocenters.